The Balaban J connectivity index is 1.48. The van der Waals surface area contributed by atoms with E-state index >= 15 is 0 Å². The van der Waals surface area contributed by atoms with Gasteiger partial charge in [-0.05, 0) is 30.4 Å². The summed E-state index contributed by atoms with van der Waals surface area (Å²) in [5.74, 6) is 1.36. The number of hydrogen-bond acceptors (Lipinski definition) is 4. The maximum Gasteiger partial charge on any atom is 0.193 e. The van der Waals surface area contributed by atoms with Crippen molar-refractivity contribution < 1.29 is 5.11 Å². The first-order valence-corrected chi connectivity index (χ1v) is 9.08. The second-order valence-corrected chi connectivity index (χ2v) is 7.04. The van der Waals surface area contributed by atoms with Crippen LogP contribution in [-0.2, 0) is 0 Å². The zero-order valence-corrected chi connectivity index (χ0v) is 14.1. The molecule has 2 aliphatic rings. The average Bonchev–Trinajstić information content (AvgIpc) is 3.21. The molecule has 3 rings (SSSR count). The molecule has 2 heterocycles. The van der Waals surface area contributed by atoms with Crippen LogP contribution in [0.4, 0.5) is 5.00 Å². The fourth-order valence-corrected chi connectivity index (χ4v) is 4.18. The molecule has 1 saturated heterocycles. The molecular formula is C16H26N4OS. The Labute approximate surface area is 136 Å². The molecule has 2 atom stereocenters. The minimum absolute atomic E-state index is 0.138. The Morgan fingerprint density at radius 2 is 2.18 bits per heavy atom. The van der Waals surface area contributed by atoms with Crippen LogP contribution in [0.25, 0.3) is 0 Å². The molecular weight excluding hydrogens is 296 g/mol. The van der Waals surface area contributed by atoms with Crippen LogP contribution in [0.1, 0.15) is 19.3 Å². The molecule has 0 amide bonds. The van der Waals surface area contributed by atoms with Gasteiger partial charge in [-0.15, -0.1) is 11.3 Å². The molecule has 2 fully saturated rings. The SMILES string of the molecule is CN=C(NCC1CCCC1O)N1CCN(c2cccs2)CC1. The molecule has 22 heavy (non-hydrogen) atoms. The molecule has 0 spiro atoms. The van der Waals surface area contributed by atoms with E-state index in [0.717, 1.165) is 57.9 Å². The zero-order valence-electron chi connectivity index (χ0n) is 13.2. The summed E-state index contributed by atoms with van der Waals surface area (Å²) in [7, 11) is 1.85. The first-order chi connectivity index (χ1) is 10.8. The summed E-state index contributed by atoms with van der Waals surface area (Å²) in [6.45, 7) is 4.88. The van der Waals surface area contributed by atoms with E-state index < -0.39 is 0 Å². The number of thiophene rings is 1. The fourth-order valence-electron chi connectivity index (χ4n) is 3.40. The normalized spacial score (nSPS) is 26.5. The highest BCUT2D eigenvalue weighted by atomic mass is 32.1. The highest BCUT2D eigenvalue weighted by Crippen LogP contribution is 2.25. The van der Waals surface area contributed by atoms with Crippen molar-refractivity contribution in [3.05, 3.63) is 17.5 Å². The van der Waals surface area contributed by atoms with E-state index in [4.69, 9.17) is 0 Å². The number of piperazine rings is 1. The van der Waals surface area contributed by atoms with Gasteiger partial charge < -0.3 is 20.2 Å². The van der Waals surface area contributed by atoms with Crippen LogP contribution in [-0.4, -0.2) is 61.8 Å². The van der Waals surface area contributed by atoms with Crippen LogP contribution in [0.2, 0.25) is 0 Å². The van der Waals surface area contributed by atoms with Crippen LogP contribution < -0.4 is 10.2 Å². The number of aliphatic hydroxyl groups excluding tert-OH is 1. The van der Waals surface area contributed by atoms with Crippen molar-refractivity contribution in [2.75, 3.05) is 44.7 Å². The number of hydrogen-bond donors (Lipinski definition) is 2. The van der Waals surface area contributed by atoms with Gasteiger partial charge in [-0.1, -0.05) is 6.42 Å². The molecule has 0 aromatic carbocycles. The smallest absolute Gasteiger partial charge is 0.193 e. The van der Waals surface area contributed by atoms with Crippen LogP contribution in [0.15, 0.2) is 22.5 Å². The number of aliphatic hydroxyl groups is 1. The summed E-state index contributed by atoms with van der Waals surface area (Å²) in [6, 6.07) is 4.30. The Kier molecular flexibility index (Phi) is 5.20. The largest absolute Gasteiger partial charge is 0.393 e. The number of guanidine groups is 1. The molecule has 122 valence electrons. The van der Waals surface area contributed by atoms with Gasteiger partial charge in [-0.25, -0.2) is 0 Å². The van der Waals surface area contributed by atoms with E-state index in [1.807, 2.05) is 7.05 Å². The molecule has 5 nitrogen and oxygen atoms in total. The van der Waals surface area contributed by atoms with E-state index in [2.05, 4.69) is 37.6 Å². The van der Waals surface area contributed by atoms with E-state index in [-0.39, 0.29) is 6.10 Å². The Bertz CT molecular complexity index is 482. The lowest BCUT2D eigenvalue weighted by Gasteiger charge is -2.37. The van der Waals surface area contributed by atoms with E-state index in [9.17, 15) is 5.11 Å². The van der Waals surface area contributed by atoms with Gasteiger partial charge >= 0.3 is 0 Å². The standard InChI is InChI=1S/C16H26N4OS/c1-17-16(18-12-13-4-2-5-14(13)21)20-9-7-19(8-10-20)15-6-3-11-22-15/h3,6,11,13-14,21H,2,4-5,7-10,12H2,1H3,(H,17,18). The second-order valence-electron chi connectivity index (χ2n) is 6.11. The summed E-state index contributed by atoms with van der Waals surface area (Å²) in [4.78, 5) is 9.18. The maximum atomic E-state index is 9.93. The minimum atomic E-state index is -0.138. The molecule has 0 radical (unpaired) electrons. The first kappa shape index (κ1) is 15.6. The van der Waals surface area contributed by atoms with Crippen LogP contribution in [0, 0.1) is 5.92 Å². The average molecular weight is 322 g/mol. The lowest BCUT2D eigenvalue weighted by Crippen LogP contribution is -2.53. The minimum Gasteiger partial charge on any atom is -0.393 e. The van der Waals surface area contributed by atoms with Crippen molar-refractivity contribution >= 4 is 22.3 Å². The molecule has 1 aliphatic carbocycles. The number of nitrogens with one attached hydrogen (secondary N) is 1. The lowest BCUT2D eigenvalue weighted by molar-refractivity contribution is 0.133. The van der Waals surface area contributed by atoms with E-state index in [1.165, 1.54) is 5.00 Å². The molecule has 1 saturated carbocycles. The monoisotopic (exact) mass is 322 g/mol. The molecule has 6 heteroatoms. The summed E-state index contributed by atoms with van der Waals surface area (Å²) in [5, 5.41) is 16.9. The highest BCUT2D eigenvalue weighted by Gasteiger charge is 2.26. The third-order valence-corrected chi connectivity index (χ3v) is 5.68. The third-order valence-electron chi connectivity index (χ3n) is 4.75. The van der Waals surface area contributed by atoms with Crippen molar-refractivity contribution in [2.45, 2.75) is 25.4 Å². The fraction of sp³-hybridized carbons (Fsp3) is 0.688. The second kappa shape index (κ2) is 7.33. The lowest BCUT2D eigenvalue weighted by atomic mass is 10.1. The van der Waals surface area contributed by atoms with Gasteiger partial charge in [0, 0.05) is 45.7 Å². The quantitative estimate of drug-likeness (QED) is 0.656. The van der Waals surface area contributed by atoms with Crippen molar-refractivity contribution in [3.63, 3.8) is 0 Å². The molecule has 2 unspecified atom stereocenters. The number of aliphatic imine (C=N–C) groups is 1. The van der Waals surface area contributed by atoms with E-state index in [0.29, 0.717) is 5.92 Å². The van der Waals surface area contributed by atoms with Crippen LogP contribution in [0.3, 0.4) is 0 Å². The number of anilines is 1. The summed E-state index contributed by atoms with van der Waals surface area (Å²) < 4.78 is 0. The van der Waals surface area contributed by atoms with Crippen molar-refractivity contribution in [3.8, 4) is 0 Å². The molecule has 1 aliphatic heterocycles. The molecule has 0 bridgehead atoms. The highest BCUT2D eigenvalue weighted by molar-refractivity contribution is 7.14. The van der Waals surface area contributed by atoms with Gasteiger partial charge in [0.2, 0.25) is 0 Å². The van der Waals surface area contributed by atoms with Crippen LogP contribution in [0.5, 0.6) is 0 Å². The van der Waals surface area contributed by atoms with Gasteiger partial charge in [0.05, 0.1) is 11.1 Å². The summed E-state index contributed by atoms with van der Waals surface area (Å²) in [5.41, 5.74) is 0. The van der Waals surface area contributed by atoms with Gasteiger partial charge in [-0.2, -0.15) is 0 Å². The van der Waals surface area contributed by atoms with Gasteiger partial charge in [0.1, 0.15) is 0 Å². The van der Waals surface area contributed by atoms with E-state index in [1.54, 1.807) is 11.3 Å². The first-order valence-electron chi connectivity index (χ1n) is 8.20. The van der Waals surface area contributed by atoms with Crippen molar-refractivity contribution in [1.82, 2.24) is 10.2 Å². The topological polar surface area (TPSA) is 51.1 Å². The number of nitrogens with zero attached hydrogens (tertiary/aromatic N) is 3. The molecule has 2 N–H and O–H groups in total. The molecule has 1 aromatic rings. The van der Waals surface area contributed by atoms with Crippen molar-refractivity contribution in [1.29, 1.82) is 0 Å². The predicted octanol–water partition coefficient (Wildman–Crippen LogP) is 1.61. The number of rotatable bonds is 3. The summed E-state index contributed by atoms with van der Waals surface area (Å²) >= 11 is 1.81. The molecule has 1 aromatic heterocycles. The Hall–Kier alpha value is -1.27. The maximum absolute atomic E-state index is 9.93. The summed E-state index contributed by atoms with van der Waals surface area (Å²) in [6.07, 6.45) is 3.08. The van der Waals surface area contributed by atoms with Gasteiger partial charge in [0.15, 0.2) is 5.96 Å². The Morgan fingerprint density at radius 3 is 2.77 bits per heavy atom. The zero-order chi connectivity index (χ0) is 15.4. The predicted molar refractivity (Wildman–Crippen MR) is 92.8 cm³/mol. The van der Waals surface area contributed by atoms with Gasteiger partial charge in [0.25, 0.3) is 0 Å². The third kappa shape index (κ3) is 3.55. The van der Waals surface area contributed by atoms with Crippen molar-refractivity contribution in [2.24, 2.45) is 10.9 Å². The van der Waals surface area contributed by atoms with Gasteiger partial charge in [-0.3, -0.25) is 4.99 Å². The van der Waals surface area contributed by atoms with Crippen LogP contribution >= 0.6 is 11.3 Å². The Morgan fingerprint density at radius 1 is 1.36 bits per heavy atom.